The van der Waals surface area contributed by atoms with E-state index >= 15 is 0 Å². The number of piperidine rings is 1. The SMILES string of the molecule is Cc1cc(OC(C)C)cc(C2CCNCC2)c1.Cl. The van der Waals surface area contributed by atoms with Crippen LogP contribution in [0.2, 0.25) is 0 Å². The highest BCUT2D eigenvalue weighted by Gasteiger charge is 2.16. The van der Waals surface area contributed by atoms with E-state index in [0.717, 1.165) is 18.8 Å². The molecule has 3 heteroatoms. The molecule has 1 aromatic carbocycles. The maximum atomic E-state index is 5.81. The van der Waals surface area contributed by atoms with Crippen LogP contribution in [0.1, 0.15) is 43.7 Å². The molecule has 1 fully saturated rings. The van der Waals surface area contributed by atoms with Gasteiger partial charge in [0.1, 0.15) is 5.75 Å². The van der Waals surface area contributed by atoms with E-state index in [2.05, 4.69) is 44.3 Å². The number of nitrogens with one attached hydrogen (secondary N) is 1. The first kappa shape index (κ1) is 15.3. The molecule has 1 N–H and O–H groups in total. The molecule has 1 heterocycles. The summed E-state index contributed by atoms with van der Waals surface area (Å²) in [6.07, 6.45) is 2.73. The maximum absolute atomic E-state index is 5.81. The van der Waals surface area contributed by atoms with Gasteiger partial charge in [-0.1, -0.05) is 6.07 Å². The average molecular weight is 270 g/mol. The monoisotopic (exact) mass is 269 g/mol. The molecule has 0 aliphatic carbocycles. The third-order valence-electron chi connectivity index (χ3n) is 3.26. The van der Waals surface area contributed by atoms with Crippen molar-refractivity contribution in [2.45, 2.75) is 45.6 Å². The van der Waals surface area contributed by atoms with Crippen LogP contribution in [0.4, 0.5) is 0 Å². The van der Waals surface area contributed by atoms with Gasteiger partial charge < -0.3 is 10.1 Å². The fourth-order valence-electron chi connectivity index (χ4n) is 2.51. The molecule has 0 atom stereocenters. The van der Waals surface area contributed by atoms with E-state index in [1.54, 1.807) is 0 Å². The van der Waals surface area contributed by atoms with Gasteiger partial charge in [0.25, 0.3) is 0 Å². The van der Waals surface area contributed by atoms with Crippen LogP contribution in [0.25, 0.3) is 0 Å². The summed E-state index contributed by atoms with van der Waals surface area (Å²) in [7, 11) is 0. The van der Waals surface area contributed by atoms with Crippen molar-refractivity contribution < 1.29 is 4.74 Å². The molecule has 2 rings (SSSR count). The van der Waals surface area contributed by atoms with Gasteiger partial charge in [-0.15, -0.1) is 12.4 Å². The average Bonchev–Trinajstić information content (AvgIpc) is 2.28. The largest absolute Gasteiger partial charge is 0.491 e. The van der Waals surface area contributed by atoms with Crippen LogP contribution in [0.3, 0.4) is 0 Å². The van der Waals surface area contributed by atoms with E-state index < -0.39 is 0 Å². The molecular weight excluding hydrogens is 246 g/mol. The summed E-state index contributed by atoms with van der Waals surface area (Å²) < 4.78 is 5.81. The fraction of sp³-hybridized carbons (Fsp3) is 0.600. The van der Waals surface area contributed by atoms with Crippen LogP contribution in [0.5, 0.6) is 5.75 Å². The van der Waals surface area contributed by atoms with Gasteiger partial charge in [0.15, 0.2) is 0 Å². The lowest BCUT2D eigenvalue weighted by Crippen LogP contribution is -2.26. The Balaban J connectivity index is 0.00000162. The molecule has 2 nitrogen and oxygen atoms in total. The van der Waals surface area contributed by atoms with Gasteiger partial charge in [0.2, 0.25) is 0 Å². The Morgan fingerprint density at radius 1 is 1.17 bits per heavy atom. The van der Waals surface area contributed by atoms with E-state index in [0.29, 0.717) is 5.92 Å². The lowest BCUT2D eigenvalue weighted by atomic mass is 9.89. The number of halogens is 1. The number of hydrogen-bond acceptors (Lipinski definition) is 2. The van der Waals surface area contributed by atoms with Crippen molar-refractivity contribution in [2.75, 3.05) is 13.1 Å². The molecular formula is C15H24ClNO. The second-order valence-corrected chi connectivity index (χ2v) is 5.27. The summed E-state index contributed by atoms with van der Waals surface area (Å²) in [6, 6.07) is 6.66. The molecule has 0 unspecified atom stereocenters. The van der Waals surface area contributed by atoms with Crippen LogP contribution < -0.4 is 10.1 Å². The smallest absolute Gasteiger partial charge is 0.120 e. The first-order chi connectivity index (χ1) is 8.15. The first-order valence-electron chi connectivity index (χ1n) is 6.64. The summed E-state index contributed by atoms with van der Waals surface area (Å²) in [5.41, 5.74) is 2.75. The van der Waals surface area contributed by atoms with Crippen LogP contribution in [0.15, 0.2) is 18.2 Å². The third kappa shape index (κ3) is 4.18. The molecule has 0 saturated carbocycles. The maximum Gasteiger partial charge on any atom is 0.120 e. The third-order valence-corrected chi connectivity index (χ3v) is 3.26. The van der Waals surface area contributed by atoms with Crippen molar-refractivity contribution in [2.24, 2.45) is 0 Å². The Hall–Kier alpha value is -0.730. The molecule has 102 valence electrons. The van der Waals surface area contributed by atoms with Gasteiger partial charge in [0, 0.05) is 0 Å². The zero-order chi connectivity index (χ0) is 12.3. The van der Waals surface area contributed by atoms with Crippen LogP contribution in [-0.4, -0.2) is 19.2 Å². The van der Waals surface area contributed by atoms with E-state index in [1.165, 1.54) is 24.0 Å². The van der Waals surface area contributed by atoms with Gasteiger partial charge in [-0.05, 0) is 75.9 Å². The Morgan fingerprint density at radius 2 is 1.83 bits per heavy atom. The molecule has 0 spiro atoms. The van der Waals surface area contributed by atoms with Crippen LogP contribution in [0, 0.1) is 6.92 Å². The minimum atomic E-state index is 0. The number of ether oxygens (including phenoxy) is 1. The Kier molecular flexibility index (Phi) is 5.97. The lowest BCUT2D eigenvalue weighted by molar-refractivity contribution is 0.242. The van der Waals surface area contributed by atoms with Crippen LogP contribution in [-0.2, 0) is 0 Å². The summed E-state index contributed by atoms with van der Waals surface area (Å²) >= 11 is 0. The first-order valence-corrected chi connectivity index (χ1v) is 6.64. The van der Waals surface area contributed by atoms with E-state index in [1.807, 2.05) is 0 Å². The Labute approximate surface area is 117 Å². The summed E-state index contributed by atoms with van der Waals surface area (Å²) in [5.74, 6) is 1.72. The number of benzene rings is 1. The fourth-order valence-corrected chi connectivity index (χ4v) is 2.51. The van der Waals surface area contributed by atoms with Crippen molar-refractivity contribution >= 4 is 12.4 Å². The topological polar surface area (TPSA) is 21.3 Å². The van der Waals surface area contributed by atoms with Crippen molar-refractivity contribution in [1.29, 1.82) is 0 Å². The standard InChI is InChI=1S/C15H23NO.ClH/c1-11(2)17-15-9-12(3)8-14(10-15)13-4-6-16-7-5-13;/h8-11,13,16H,4-7H2,1-3H3;1H. The Morgan fingerprint density at radius 3 is 2.44 bits per heavy atom. The van der Waals surface area contributed by atoms with E-state index in [9.17, 15) is 0 Å². The van der Waals surface area contributed by atoms with E-state index in [4.69, 9.17) is 4.74 Å². The van der Waals surface area contributed by atoms with Gasteiger partial charge >= 0.3 is 0 Å². The molecule has 0 aromatic heterocycles. The molecule has 0 amide bonds. The summed E-state index contributed by atoms with van der Waals surface area (Å²) in [4.78, 5) is 0. The highest BCUT2D eigenvalue weighted by atomic mass is 35.5. The van der Waals surface area contributed by atoms with Gasteiger partial charge in [-0.25, -0.2) is 0 Å². The predicted molar refractivity (Wildman–Crippen MR) is 79.0 cm³/mol. The number of aryl methyl sites for hydroxylation is 1. The van der Waals surface area contributed by atoms with Crippen LogP contribution >= 0.6 is 12.4 Å². The van der Waals surface area contributed by atoms with Crippen molar-refractivity contribution in [3.05, 3.63) is 29.3 Å². The molecule has 0 radical (unpaired) electrons. The highest BCUT2D eigenvalue weighted by Crippen LogP contribution is 2.29. The minimum Gasteiger partial charge on any atom is -0.491 e. The van der Waals surface area contributed by atoms with Crippen molar-refractivity contribution in [3.63, 3.8) is 0 Å². The quantitative estimate of drug-likeness (QED) is 0.904. The van der Waals surface area contributed by atoms with Gasteiger partial charge in [-0.3, -0.25) is 0 Å². The minimum absolute atomic E-state index is 0. The molecule has 1 saturated heterocycles. The molecule has 1 aliphatic heterocycles. The second kappa shape index (κ2) is 7.01. The molecule has 1 aromatic rings. The predicted octanol–water partition coefficient (Wildman–Crippen LogP) is 3.67. The van der Waals surface area contributed by atoms with Gasteiger partial charge in [0.05, 0.1) is 6.10 Å². The second-order valence-electron chi connectivity index (χ2n) is 5.27. The molecule has 0 bridgehead atoms. The molecule has 1 aliphatic rings. The zero-order valence-electron chi connectivity index (χ0n) is 11.5. The number of hydrogen-bond donors (Lipinski definition) is 1. The van der Waals surface area contributed by atoms with E-state index in [-0.39, 0.29) is 18.5 Å². The highest BCUT2D eigenvalue weighted by molar-refractivity contribution is 5.85. The lowest BCUT2D eigenvalue weighted by Gasteiger charge is -2.24. The van der Waals surface area contributed by atoms with Crippen molar-refractivity contribution in [1.82, 2.24) is 5.32 Å². The summed E-state index contributed by atoms with van der Waals surface area (Å²) in [5, 5.41) is 3.41. The normalized spacial score (nSPS) is 16.4. The number of rotatable bonds is 3. The summed E-state index contributed by atoms with van der Waals surface area (Å²) in [6.45, 7) is 8.58. The van der Waals surface area contributed by atoms with Gasteiger partial charge in [-0.2, -0.15) is 0 Å². The Bertz CT molecular complexity index is 373. The zero-order valence-corrected chi connectivity index (χ0v) is 12.3. The molecule has 18 heavy (non-hydrogen) atoms. The van der Waals surface area contributed by atoms with Crippen molar-refractivity contribution in [3.8, 4) is 5.75 Å².